The van der Waals surface area contributed by atoms with Crippen molar-refractivity contribution in [1.29, 1.82) is 0 Å². The summed E-state index contributed by atoms with van der Waals surface area (Å²) < 4.78 is 67.9. The molecule has 1 aromatic heterocycles. The van der Waals surface area contributed by atoms with E-state index in [1.165, 1.54) is 28.6 Å². The number of nitrogens with one attached hydrogen (secondary N) is 1. The quantitative estimate of drug-likeness (QED) is 0.578. The highest BCUT2D eigenvalue weighted by Gasteiger charge is 2.51. The van der Waals surface area contributed by atoms with Gasteiger partial charge >= 0.3 is 6.18 Å². The third-order valence-electron chi connectivity index (χ3n) is 6.92. The van der Waals surface area contributed by atoms with Gasteiger partial charge in [-0.2, -0.15) is 17.5 Å². The number of sulfonamides is 1. The first-order chi connectivity index (χ1) is 16.8. The Balaban J connectivity index is 1.61. The van der Waals surface area contributed by atoms with Crippen LogP contribution in [-0.4, -0.2) is 86.2 Å². The molecule has 0 spiro atoms. The van der Waals surface area contributed by atoms with E-state index in [1.807, 2.05) is 9.80 Å². The summed E-state index contributed by atoms with van der Waals surface area (Å²) >= 11 is 1.14. The number of hydrogen-bond acceptors (Lipinski definition) is 7. The van der Waals surface area contributed by atoms with E-state index in [0.29, 0.717) is 38.8 Å². The fraction of sp³-hybridized carbons (Fsp3) is 0.522. The Labute approximate surface area is 212 Å². The SMILES string of the molecule is C[C@H]1C(=O)NCCN1C[C@H]1CN(S(=O)(=O)c2cccs2)CCN1c1ccc([C@@](C)(O)C(F)(F)F)cc1. The summed E-state index contributed by atoms with van der Waals surface area (Å²) in [6, 6.07) is 8.00. The Morgan fingerprint density at radius 1 is 1.14 bits per heavy atom. The highest BCUT2D eigenvalue weighted by molar-refractivity contribution is 7.91. The van der Waals surface area contributed by atoms with E-state index in [-0.39, 0.29) is 34.8 Å². The Morgan fingerprint density at radius 3 is 2.44 bits per heavy atom. The number of aliphatic hydroxyl groups is 1. The molecule has 13 heteroatoms. The molecule has 198 valence electrons. The summed E-state index contributed by atoms with van der Waals surface area (Å²) in [7, 11) is -3.70. The van der Waals surface area contributed by atoms with Crippen LogP contribution in [0.25, 0.3) is 0 Å². The van der Waals surface area contributed by atoms with Crippen LogP contribution in [0.5, 0.6) is 0 Å². The van der Waals surface area contributed by atoms with Gasteiger partial charge in [-0.15, -0.1) is 11.3 Å². The van der Waals surface area contributed by atoms with Crippen molar-refractivity contribution in [2.45, 2.75) is 41.9 Å². The lowest BCUT2D eigenvalue weighted by Gasteiger charge is -2.45. The molecule has 4 rings (SSSR count). The van der Waals surface area contributed by atoms with E-state index >= 15 is 0 Å². The zero-order valence-electron chi connectivity index (χ0n) is 19.9. The number of halogens is 3. The average molecular weight is 547 g/mol. The fourth-order valence-electron chi connectivity index (χ4n) is 4.57. The van der Waals surface area contributed by atoms with E-state index in [0.717, 1.165) is 11.3 Å². The maximum absolute atomic E-state index is 13.3. The molecule has 3 atom stereocenters. The van der Waals surface area contributed by atoms with Crippen molar-refractivity contribution >= 4 is 33.0 Å². The van der Waals surface area contributed by atoms with Crippen molar-refractivity contribution in [2.75, 3.05) is 44.2 Å². The van der Waals surface area contributed by atoms with Crippen LogP contribution in [0.3, 0.4) is 0 Å². The van der Waals surface area contributed by atoms with Crippen LogP contribution >= 0.6 is 11.3 Å². The van der Waals surface area contributed by atoms with E-state index < -0.39 is 27.8 Å². The third-order valence-corrected chi connectivity index (χ3v) is 10.2. The van der Waals surface area contributed by atoms with Gasteiger partial charge in [0.25, 0.3) is 10.0 Å². The van der Waals surface area contributed by atoms with Crippen LogP contribution in [0.15, 0.2) is 46.0 Å². The van der Waals surface area contributed by atoms with Gasteiger partial charge in [0.05, 0.1) is 12.1 Å². The number of alkyl halides is 3. The Morgan fingerprint density at radius 2 is 1.83 bits per heavy atom. The first kappa shape index (κ1) is 26.9. The van der Waals surface area contributed by atoms with Crippen LogP contribution < -0.4 is 10.2 Å². The van der Waals surface area contributed by atoms with Crippen molar-refractivity contribution in [2.24, 2.45) is 0 Å². The van der Waals surface area contributed by atoms with Crippen LogP contribution in [0.1, 0.15) is 19.4 Å². The van der Waals surface area contributed by atoms with Gasteiger partial charge in [-0.3, -0.25) is 9.69 Å². The van der Waals surface area contributed by atoms with E-state index in [9.17, 15) is 31.5 Å². The maximum Gasteiger partial charge on any atom is 0.421 e. The molecule has 0 saturated carbocycles. The Hall–Kier alpha value is -2.19. The third kappa shape index (κ3) is 5.12. The fourth-order valence-corrected chi connectivity index (χ4v) is 7.18. The molecule has 0 bridgehead atoms. The summed E-state index contributed by atoms with van der Waals surface area (Å²) in [5.74, 6) is -0.106. The van der Waals surface area contributed by atoms with Crippen LogP contribution in [-0.2, 0) is 20.4 Å². The number of amides is 1. The van der Waals surface area contributed by atoms with Gasteiger partial charge in [0.2, 0.25) is 5.91 Å². The number of nitrogens with zero attached hydrogens (tertiary/aromatic N) is 3. The lowest BCUT2D eigenvalue weighted by Crippen LogP contribution is -2.62. The summed E-state index contributed by atoms with van der Waals surface area (Å²) in [5.41, 5.74) is -2.66. The predicted octanol–water partition coefficient (Wildman–Crippen LogP) is 2.22. The van der Waals surface area contributed by atoms with Gasteiger partial charge in [-0.05, 0) is 43.0 Å². The van der Waals surface area contributed by atoms with Gasteiger partial charge in [0, 0.05) is 45.0 Å². The lowest BCUT2D eigenvalue weighted by molar-refractivity contribution is -0.258. The van der Waals surface area contributed by atoms with Crippen LogP contribution in [0, 0.1) is 0 Å². The molecule has 36 heavy (non-hydrogen) atoms. The number of carbonyl (C=O) groups is 1. The Bertz CT molecular complexity index is 1170. The topological polar surface area (TPSA) is 93.2 Å². The number of rotatable bonds is 6. The first-order valence-electron chi connectivity index (χ1n) is 11.5. The second kappa shape index (κ2) is 9.93. The number of anilines is 1. The summed E-state index contributed by atoms with van der Waals surface area (Å²) in [6.45, 7) is 4.65. The van der Waals surface area contributed by atoms with Gasteiger partial charge < -0.3 is 15.3 Å². The normalized spacial score (nSPS) is 24.4. The smallest absolute Gasteiger partial charge is 0.376 e. The number of piperazine rings is 2. The molecule has 3 heterocycles. The van der Waals surface area contributed by atoms with Crippen molar-refractivity contribution in [1.82, 2.24) is 14.5 Å². The molecule has 1 amide bonds. The molecule has 2 aliphatic heterocycles. The number of carbonyl (C=O) groups excluding carboxylic acids is 1. The minimum absolute atomic E-state index is 0.106. The lowest BCUT2D eigenvalue weighted by atomic mass is 9.95. The minimum atomic E-state index is -4.83. The highest BCUT2D eigenvalue weighted by Crippen LogP contribution is 2.39. The van der Waals surface area contributed by atoms with Gasteiger partial charge in [-0.25, -0.2) is 8.42 Å². The largest absolute Gasteiger partial charge is 0.421 e. The zero-order chi connectivity index (χ0) is 26.3. The van der Waals surface area contributed by atoms with Crippen LogP contribution in [0.4, 0.5) is 18.9 Å². The van der Waals surface area contributed by atoms with E-state index in [4.69, 9.17) is 0 Å². The molecule has 0 aliphatic carbocycles. The molecule has 2 aromatic rings. The minimum Gasteiger partial charge on any atom is -0.376 e. The van der Waals surface area contributed by atoms with E-state index in [2.05, 4.69) is 5.32 Å². The maximum atomic E-state index is 13.3. The van der Waals surface area contributed by atoms with Crippen molar-refractivity contribution in [3.63, 3.8) is 0 Å². The second-order valence-corrected chi connectivity index (χ2v) is 12.3. The Kier molecular flexibility index (Phi) is 7.41. The molecule has 8 nitrogen and oxygen atoms in total. The van der Waals surface area contributed by atoms with Gasteiger partial charge in [0.15, 0.2) is 5.60 Å². The molecular formula is C23H29F3N4O4S2. The zero-order valence-corrected chi connectivity index (χ0v) is 21.5. The molecular weight excluding hydrogens is 517 g/mol. The number of hydrogen-bond donors (Lipinski definition) is 2. The molecule has 2 fully saturated rings. The molecule has 2 saturated heterocycles. The van der Waals surface area contributed by atoms with Gasteiger partial charge in [0.1, 0.15) is 4.21 Å². The molecule has 1 aromatic carbocycles. The van der Waals surface area contributed by atoms with Crippen molar-refractivity contribution < 1.29 is 31.5 Å². The monoisotopic (exact) mass is 546 g/mol. The van der Waals surface area contributed by atoms with Gasteiger partial charge in [-0.1, -0.05) is 18.2 Å². The van der Waals surface area contributed by atoms with Crippen molar-refractivity contribution in [3.8, 4) is 0 Å². The summed E-state index contributed by atoms with van der Waals surface area (Å²) in [5, 5.41) is 14.5. The predicted molar refractivity (Wildman–Crippen MR) is 130 cm³/mol. The first-order valence-corrected chi connectivity index (χ1v) is 13.9. The number of benzene rings is 1. The van der Waals surface area contributed by atoms with E-state index in [1.54, 1.807) is 24.4 Å². The number of thiophene rings is 1. The summed E-state index contributed by atoms with van der Waals surface area (Å²) in [4.78, 5) is 16.2. The van der Waals surface area contributed by atoms with Crippen molar-refractivity contribution in [3.05, 3.63) is 47.3 Å². The molecule has 0 radical (unpaired) electrons. The highest BCUT2D eigenvalue weighted by atomic mass is 32.2. The van der Waals surface area contributed by atoms with Crippen LogP contribution in [0.2, 0.25) is 0 Å². The summed E-state index contributed by atoms with van der Waals surface area (Å²) in [6.07, 6.45) is -4.83. The second-order valence-electron chi connectivity index (χ2n) is 9.22. The molecule has 0 unspecified atom stereocenters. The molecule has 2 N–H and O–H groups in total. The standard InChI is InChI=1S/C23H29F3N4O4S2/c1-16-21(31)27-9-10-28(16)14-19-15-29(36(33,34)20-4-3-13-35-20)11-12-30(19)18-7-5-17(6-8-18)22(2,32)23(24,25)26/h3-8,13,16,19,32H,9-12,14-15H2,1-2H3,(H,27,31)/t16-,19-,22+/m0/s1. The average Bonchev–Trinajstić information content (AvgIpc) is 3.37. The molecule has 2 aliphatic rings.